The van der Waals surface area contributed by atoms with Crippen LogP contribution in [0.4, 0.5) is 10.5 Å². The molecule has 0 spiro atoms. The zero-order chi connectivity index (χ0) is 24.4. The van der Waals surface area contributed by atoms with E-state index in [0.717, 1.165) is 5.56 Å². The fraction of sp³-hybridized carbons (Fsp3) is 0.192. The van der Waals surface area contributed by atoms with Gasteiger partial charge in [0.05, 0.1) is 33.3 Å². The fourth-order valence-electron chi connectivity index (χ4n) is 3.88. The van der Waals surface area contributed by atoms with Crippen LogP contribution in [0.1, 0.15) is 31.3 Å². The van der Waals surface area contributed by atoms with Crippen LogP contribution in [0.25, 0.3) is 16.6 Å². The van der Waals surface area contributed by atoms with Gasteiger partial charge in [0.25, 0.3) is 5.56 Å². The average molecular weight is 495 g/mol. The molecule has 1 heterocycles. The van der Waals surface area contributed by atoms with E-state index in [1.165, 1.54) is 0 Å². The summed E-state index contributed by atoms with van der Waals surface area (Å²) >= 11 is 12.2. The summed E-state index contributed by atoms with van der Waals surface area (Å²) in [6.07, 6.45) is 0. The summed E-state index contributed by atoms with van der Waals surface area (Å²) in [7, 11) is 0. The molecule has 1 aromatic heterocycles. The summed E-state index contributed by atoms with van der Waals surface area (Å²) in [6, 6.07) is 18.9. The van der Waals surface area contributed by atoms with E-state index in [1.54, 1.807) is 39.8 Å². The number of fused-ring (bicyclic) bond motifs is 1. The Morgan fingerprint density at radius 2 is 1.79 bits per heavy atom. The van der Waals surface area contributed by atoms with Crippen molar-refractivity contribution in [3.63, 3.8) is 0 Å². The lowest BCUT2D eigenvalue weighted by Crippen LogP contribution is -2.39. The number of carbonyl (C=O) groups excluding carboxylic acids is 1. The summed E-state index contributed by atoms with van der Waals surface area (Å²) in [5.41, 5.74) is 2.61. The third kappa shape index (κ3) is 4.65. The van der Waals surface area contributed by atoms with Crippen molar-refractivity contribution in [1.29, 1.82) is 0 Å². The van der Waals surface area contributed by atoms with Crippen molar-refractivity contribution in [3.8, 4) is 5.69 Å². The van der Waals surface area contributed by atoms with E-state index in [-0.39, 0.29) is 11.6 Å². The highest BCUT2D eigenvalue weighted by molar-refractivity contribution is 6.36. The second kappa shape index (κ2) is 9.87. The molecule has 0 aliphatic carbocycles. The normalized spacial score (nSPS) is 11.9. The van der Waals surface area contributed by atoms with E-state index in [9.17, 15) is 9.59 Å². The van der Waals surface area contributed by atoms with Gasteiger partial charge in [0, 0.05) is 11.6 Å². The standard InChI is InChI=1S/C26H24Cl2N4O2/c1-4-31(26(34)30-23-14-11-18(27)15-21(23)28)17(3)24-29-22-8-6-5-7-20(22)25(33)32(24)19-12-9-16(2)10-13-19/h5-15,17H,4H2,1-3H3,(H,30,34). The van der Waals surface area contributed by atoms with Gasteiger partial charge in [0.15, 0.2) is 0 Å². The number of anilines is 1. The lowest BCUT2D eigenvalue weighted by molar-refractivity contribution is 0.193. The molecule has 0 aliphatic heterocycles. The van der Waals surface area contributed by atoms with Crippen molar-refractivity contribution in [1.82, 2.24) is 14.5 Å². The molecule has 6 nitrogen and oxygen atoms in total. The van der Waals surface area contributed by atoms with Gasteiger partial charge in [-0.05, 0) is 63.2 Å². The minimum atomic E-state index is -0.519. The van der Waals surface area contributed by atoms with Crippen molar-refractivity contribution >= 4 is 45.8 Å². The van der Waals surface area contributed by atoms with Crippen LogP contribution < -0.4 is 10.9 Å². The second-order valence-corrected chi connectivity index (χ2v) is 8.82. The molecule has 34 heavy (non-hydrogen) atoms. The smallest absolute Gasteiger partial charge is 0.315 e. The molecule has 0 radical (unpaired) electrons. The van der Waals surface area contributed by atoms with Crippen LogP contribution in [0.2, 0.25) is 10.0 Å². The predicted molar refractivity (Wildman–Crippen MR) is 138 cm³/mol. The quantitative estimate of drug-likeness (QED) is 0.339. The van der Waals surface area contributed by atoms with Gasteiger partial charge in [0.2, 0.25) is 0 Å². The number of aromatic nitrogens is 2. The van der Waals surface area contributed by atoms with Crippen molar-refractivity contribution in [2.45, 2.75) is 26.8 Å². The molecule has 3 aromatic carbocycles. The number of carbonyl (C=O) groups is 1. The first kappa shape index (κ1) is 23.8. The average Bonchev–Trinajstić information content (AvgIpc) is 2.82. The number of hydrogen-bond donors (Lipinski definition) is 1. The van der Waals surface area contributed by atoms with Crippen LogP contribution in [0.15, 0.2) is 71.5 Å². The number of nitrogens with zero attached hydrogens (tertiary/aromatic N) is 3. The number of benzene rings is 3. The van der Waals surface area contributed by atoms with Crippen LogP contribution in [0, 0.1) is 6.92 Å². The minimum Gasteiger partial charge on any atom is -0.315 e. The Hall–Kier alpha value is -3.35. The van der Waals surface area contributed by atoms with Gasteiger partial charge in [-0.1, -0.05) is 53.0 Å². The molecular weight excluding hydrogens is 471 g/mol. The molecule has 4 aromatic rings. The summed E-state index contributed by atoms with van der Waals surface area (Å²) < 4.78 is 1.58. The summed E-state index contributed by atoms with van der Waals surface area (Å²) in [4.78, 5) is 33.2. The summed E-state index contributed by atoms with van der Waals surface area (Å²) in [5, 5.41) is 4.17. The van der Waals surface area contributed by atoms with Crippen molar-refractivity contribution in [2.24, 2.45) is 0 Å². The molecule has 174 valence electrons. The van der Waals surface area contributed by atoms with E-state index in [0.29, 0.717) is 44.7 Å². The largest absolute Gasteiger partial charge is 0.322 e. The van der Waals surface area contributed by atoms with E-state index >= 15 is 0 Å². The van der Waals surface area contributed by atoms with Gasteiger partial charge in [-0.25, -0.2) is 9.78 Å². The van der Waals surface area contributed by atoms with Crippen LogP contribution in [-0.4, -0.2) is 27.0 Å². The maximum atomic E-state index is 13.6. The number of amides is 2. The number of nitrogens with one attached hydrogen (secondary N) is 1. The van der Waals surface area contributed by atoms with Gasteiger partial charge >= 0.3 is 6.03 Å². The first-order chi connectivity index (χ1) is 16.3. The lowest BCUT2D eigenvalue weighted by Gasteiger charge is -2.29. The highest BCUT2D eigenvalue weighted by Crippen LogP contribution is 2.28. The van der Waals surface area contributed by atoms with Crippen molar-refractivity contribution in [2.75, 3.05) is 11.9 Å². The van der Waals surface area contributed by atoms with Crippen molar-refractivity contribution < 1.29 is 4.79 Å². The Morgan fingerprint density at radius 3 is 2.47 bits per heavy atom. The van der Waals surface area contributed by atoms with Gasteiger partial charge in [-0.15, -0.1) is 0 Å². The lowest BCUT2D eigenvalue weighted by atomic mass is 10.1. The van der Waals surface area contributed by atoms with Gasteiger partial charge < -0.3 is 10.2 Å². The second-order valence-electron chi connectivity index (χ2n) is 7.98. The van der Waals surface area contributed by atoms with E-state index in [2.05, 4.69) is 5.32 Å². The van der Waals surface area contributed by atoms with Crippen LogP contribution >= 0.6 is 23.2 Å². The molecule has 0 saturated heterocycles. The molecule has 1 N–H and O–H groups in total. The summed E-state index contributed by atoms with van der Waals surface area (Å²) in [5.74, 6) is 0.465. The number of halogens is 2. The SMILES string of the molecule is CCN(C(=O)Nc1ccc(Cl)cc1Cl)C(C)c1nc2ccccc2c(=O)n1-c1ccc(C)cc1. The maximum absolute atomic E-state index is 13.6. The van der Waals surface area contributed by atoms with Gasteiger partial charge in [-0.2, -0.15) is 0 Å². The Bertz CT molecular complexity index is 1420. The van der Waals surface area contributed by atoms with Gasteiger partial charge in [-0.3, -0.25) is 9.36 Å². The van der Waals surface area contributed by atoms with Gasteiger partial charge in [0.1, 0.15) is 5.82 Å². The van der Waals surface area contributed by atoms with Crippen LogP contribution in [0.3, 0.4) is 0 Å². The Morgan fingerprint density at radius 1 is 1.09 bits per heavy atom. The fourth-order valence-corrected chi connectivity index (χ4v) is 4.34. The maximum Gasteiger partial charge on any atom is 0.322 e. The topological polar surface area (TPSA) is 67.2 Å². The molecule has 2 amide bonds. The zero-order valence-electron chi connectivity index (χ0n) is 19.0. The molecule has 0 bridgehead atoms. The predicted octanol–water partition coefficient (Wildman–Crippen LogP) is 6.62. The highest BCUT2D eigenvalue weighted by Gasteiger charge is 2.26. The zero-order valence-corrected chi connectivity index (χ0v) is 20.6. The summed E-state index contributed by atoms with van der Waals surface area (Å²) in [6.45, 7) is 6.09. The van der Waals surface area contributed by atoms with Crippen LogP contribution in [-0.2, 0) is 0 Å². The molecule has 4 rings (SSSR count). The number of aryl methyl sites for hydroxylation is 1. The first-order valence-corrected chi connectivity index (χ1v) is 11.7. The number of urea groups is 1. The van der Waals surface area contributed by atoms with E-state index < -0.39 is 6.04 Å². The molecule has 0 fully saturated rings. The van der Waals surface area contributed by atoms with Crippen LogP contribution in [0.5, 0.6) is 0 Å². The van der Waals surface area contributed by atoms with Crippen molar-refractivity contribution in [3.05, 3.63) is 98.5 Å². The molecule has 8 heteroatoms. The number of hydrogen-bond acceptors (Lipinski definition) is 3. The van der Waals surface area contributed by atoms with E-state index in [1.807, 2.05) is 57.2 Å². The Labute approximate surface area is 207 Å². The van der Waals surface area contributed by atoms with E-state index in [4.69, 9.17) is 28.2 Å². The highest BCUT2D eigenvalue weighted by atomic mass is 35.5. The molecule has 1 atom stereocenters. The third-order valence-electron chi connectivity index (χ3n) is 5.71. The number of rotatable bonds is 5. The Kier molecular flexibility index (Phi) is 6.91. The molecule has 0 saturated carbocycles. The molecule has 1 unspecified atom stereocenters. The minimum absolute atomic E-state index is 0.187. The monoisotopic (exact) mass is 494 g/mol. The molecular formula is C26H24Cl2N4O2. The molecule has 0 aliphatic rings. The number of para-hydroxylation sites is 1. The first-order valence-electron chi connectivity index (χ1n) is 10.9. The third-order valence-corrected chi connectivity index (χ3v) is 6.26. The Balaban J connectivity index is 1.80.